The smallest absolute Gasteiger partial charge is 0.225 e. The molecule has 2 saturated heterocycles. The van der Waals surface area contributed by atoms with E-state index in [9.17, 15) is 4.79 Å². The van der Waals surface area contributed by atoms with E-state index in [-0.39, 0.29) is 5.91 Å². The van der Waals surface area contributed by atoms with Gasteiger partial charge >= 0.3 is 0 Å². The topological polar surface area (TPSA) is 58.1 Å². The van der Waals surface area contributed by atoms with Gasteiger partial charge in [-0.15, -0.1) is 0 Å². The summed E-state index contributed by atoms with van der Waals surface area (Å²) in [6, 6.07) is 0. The van der Waals surface area contributed by atoms with Gasteiger partial charge in [0.2, 0.25) is 11.9 Å². The van der Waals surface area contributed by atoms with Crippen molar-refractivity contribution in [1.82, 2.24) is 15.3 Å². The molecule has 24 heavy (non-hydrogen) atoms. The van der Waals surface area contributed by atoms with Crippen LogP contribution in [-0.2, 0) is 17.6 Å². The molecule has 1 aliphatic carbocycles. The van der Waals surface area contributed by atoms with E-state index < -0.39 is 0 Å². The molecule has 2 fully saturated rings. The third kappa shape index (κ3) is 3.01. The molecule has 3 aliphatic rings. The Labute approximate surface area is 144 Å². The molecule has 2 aliphatic heterocycles. The van der Waals surface area contributed by atoms with Gasteiger partial charge in [0.1, 0.15) is 0 Å². The molecule has 0 radical (unpaired) electrons. The lowest BCUT2D eigenvalue weighted by atomic mass is 9.73. The van der Waals surface area contributed by atoms with Crippen LogP contribution in [0.1, 0.15) is 61.9 Å². The molecular weight excluding hydrogens is 300 g/mol. The highest BCUT2D eigenvalue weighted by Gasteiger charge is 2.36. The molecule has 1 aromatic heterocycles. The van der Waals surface area contributed by atoms with Crippen molar-refractivity contribution >= 4 is 11.9 Å². The summed E-state index contributed by atoms with van der Waals surface area (Å²) in [7, 11) is 0. The average molecular weight is 328 g/mol. The number of fused-ring (bicyclic) bond motifs is 1. The van der Waals surface area contributed by atoms with Crippen LogP contribution < -0.4 is 10.2 Å². The highest BCUT2D eigenvalue weighted by Crippen LogP contribution is 2.41. The lowest BCUT2D eigenvalue weighted by Crippen LogP contribution is -2.41. The second kappa shape index (κ2) is 6.34. The molecule has 1 spiro atoms. The molecule has 1 aromatic rings. The van der Waals surface area contributed by atoms with E-state index in [1.165, 1.54) is 29.8 Å². The molecule has 0 saturated carbocycles. The lowest BCUT2D eigenvalue weighted by molar-refractivity contribution is -0.120. The van der Waals surface area contributed by atoms with Gasteiger partial charge in [-0.1, -0.05) is 0 Å². The molecule has 0 unspecified atom stereocenters. The second-order valence-electron chi connectivity index (χ2n) is 7.83. The van der Waals surface area contributed by atoms with Crippen LogP contribution >= 0.6 is 0 Å². The van der Waals surface area contributed by atoms with Crippen molar-refractivity contribution in [2.75, 3.05) is 24.5 Å². The first-order valence-electron chi connectivity index (χ1n) is 9.53. The molecule has 4 rings (SSSR count). The Morgan fingerprint density at radius 2 is 1.79 bits per heavy atom. The molecule has 130 valence electrons. The Balaban J connectivity index is 1.48. The van der Waals surface area contributed by atoms with E-state index in [2.05, 4.69) is 17.1 Å². The summed E-state index contributed by atoms with van der Waals surface area (Å²) in [5.41, 5.74) is 4.21. The maximum atomic E-state index is 11.6. The van der Waals surface area contributed by atoms with E-state index in [0.717, 1.165) is 64.1 Å². The third-order valence-corrected chi connectivity index (χ3v) is 6.34. The first-order chi connectivity index (χ1) is 11.7. The standard InChI is InChI=1S/C19H28N4O/c1-14-15-4-2-3-5-16(15)22-18(21-14)23-12-9-19(10-13-23)7-6-17(24)20-11-8-19/h2-13H2,1H3,(H,20,24). The highest BCUT2D eigenvalue weighted by atomic mass is 16.1. The average Bonchev–Trinajstić information content (AvgIpc) is 2.78. The molecular formula is C19H28N4O. The van der Waals surface area contributed by atoms with Crippen molar-refractivity contribution in [3.05, 3.63) is 17.0 Å². The minimum atomic E-state index is 0.225. The Kier molecular flexibility index (Phi) is 4.19. The summed E-state index contributed by atoms with van der Waals surface area (Å²) in [6.07, 6.45) is 9.94. The van der Waals surface area contributed by atoms with Crippen LogP contribution in [0.2, 0.25) is 0 Å². The van der Waals surface area contributed by atoms with Crippen molar-refractivity contribution < 1.29 is 4.79 Å². The molecule has 3 heterocycles. The number of piperidine rings is 1. The maximum Gasteiger partial charge on any atom is 0.225 e. The number of carbonyl (C=O) groups excluding carboxylic acids is 1. The summed E-state index contributed by atoms with van der Waals surface area (Å²) in [6.45, 7) is 5.02. The van der Waals surface area contributed by atoms with Gasteiger partial charge in [-0.05, 0) is 69.3 Å². The largest absolute Gasteiger partial charge is 0.356 e. The first kappa shape index (κ1) is 15.9. The lowest BCUT2D eigenvalue weighted by Gasteiger charge is -2.41. The van der Waals surface area contributed by atoms with Gasteiger partial charge in [0.15, 0.2) is 0 Å². The van der Waals surface area contributed by atoms with Crippen LogP contribution in [0.25, 0.3) is 0 Å². The number of nitrogens with one attached hydrogen (secondary N) is 1. The van der Waals surface area contributed by atoms with Gasteiger partial charge < -0.3 is 10.2 Å². The predicted octanol–water partition coefficient (Wildman–Crippen LogP) is 2.55. The van der Waals surface area contributed by atoms with Crippen LogP contribution in [-0.4, -0.2) is 35.5 Å². The van der Waals surface area contributed by atoms with Crippen molar-refractivity contribution in [3.63, 3.8) is 0 Å². The number of hydrogen-bond acceptors (Lipinski definition) is 4. The van der Waals surface area contributed by atoms with Crippen molar-refractivity contribution in [2.45, 2.75) is 64.7 Å². The summed E-state index contributed by atoms with van der Waals surface area (Å²) in [5.74, 6) is 1.16. The van der Waals surface area contributed by atoms with Crippen LogP contribution in [0.3, 0.4) is 0 Å². The number of nitrogens with zero attached hydrogens (tertiary/aromatic N) is 3. The number of aryl methyl sites for hydroxylation is 2. The van der Waals surface area contributed by atoms with Crippen LogP contribution in [0.4, 0.5) is 5.95 Å². The predicted molar refractivity (Wildman–Crippen MR) is 94.2 cm³/mol. The van der Waals surface area contributed by atoms with E-state index >= 15 is 0 Å². The van der Waals surface area contributed by atoms with Crippen molar-refractivity contribution in [3.8, 4) is 0 Å². The number of hydrogen-bond donors (Lipinski definition) is 1. The quantitative estimate of drug-likeness (QED) is 0.861. The Morgan fingerprint density at radius 1 is 1.00 bits per heavy atom. The second-order valence-corrected chi connectivity index (χ2v) is 7.83. The zero-order valence-corrected chi connectivity index (χ0v) is 14.7. The first-order valence-corrected chi connectivity index (χ1v) is 9.53. The number of amides is 1. The van der Waals surface area contributed by atoms with Gasteiger partial charge in [0, 0.05) is 37.4 Å². The van der Waals surface area contributed by atoms with Gasteiger partial charge in [-0.2, -0.15) is 0 Å². The van der Waals surface area contributed by atoms with Crippen LogP contribution in [0.5, 0.6) is 0 Å². The molecule has 1 amide bonds. The van der Waals surface area contributed by atoms with Gasteiger partial charge in [0.25, 0.3) is 0 Å². The minimum Gasteiger partial charge on any atom is -0.356 e. The monoisotopic (exact) mass is 328 g/mol. The Hall–Kier alpha value is -1.65. The normalized spacial score (nSPS) is 23.5. The van der Waals surface area contributed by atoms with E-state index in [0.29, 0.717) is 11.8 Å². The third-order valence-electron chi connectivity index (χ3n) is 6.34. The van der Waals surface area contributed by atoms with Gasteiger partial charge in [-0.3, -0.25) is 4.79 Å². The number of aromatic nitrogens is 2. The molecule has 0 bridgehead atoms. The van der Waals surface area contributed by atoms with E-state index in [1.54, 1.807) is 0 Å². The SMILES string of the molecule is Cc1nc(N2CCC3(CCNC(=O)CC3)CC2)nc2c1CCCC2. The molecule has 5 heteroatoms. The minimum absolute atomic E-state index is 0.225. The fraction of sp³-hybridized carbons (Fsp3) is 0.737. The van der Waals surface area contributed by atoms with Gasteiger partial charge in [-0.25, -0.2) is 9.97 Å². The zero-order chi connectivity index (χ0) is 16.6. The fourth-order valence-corrected chi connectivity index (χ4v) is 4.65. The fourth-order valence-electron chi connectivity index (χ4n) is 4.65. The Bertz CT molecular complexity index is 634. The van der Waals surface area contributed by atoms with Crippen molar-refractivity contribution in [2.24, 2.45) is 5.41 Å². The zero-order valence-electron chi connectivity index (χ0n) is 14.7. The van der Waals surface area contributed by atoms with Gasteiger partial charge in [0.05, 0.1) is 0 Å². The van der Waals surface area contributed by atoms with Crippen LogP contribution in [0.15, 0.2) is 0 Å². The number of anilines is 1. The van der Waals surface area contributed by atoms with E-state index in [4.69, 9.17) is 9.97 Å². The maximum absolute atomic E-state index is 11.6. The highest BCUT2D eigenvalue weighted by molar-refractivity contribution is 5.76. The molecule has 1 N–H and O–H groups in total. The van der Waals surface area contributed by atoms with Crippen LogP contribution in [0, 0.1) is 12.3 Å². The summed E-state index contributed by atoms with van der Waals surface area (Å²) in [4.78, 5) is 23.7. The molecule has 0 aromatic carbocycles. The number of carbonyl (C=O) groups is 1. The summed E-state index contributed by atoms with van der Waals surface area (Å²) in [5, 5.41) is 3.02. The Morgan fingerprint density at radius 3 is 2.62 bits per heavy atom. The molecule has 5 nitrogen and oxygen atoms in total. The number of rotatable bonds is 1. The van der Waals surface area contributed by atoms with E-state index in [1.807, 2.05) is 0 Å². The van der Waals surface area contributed by atoms with Crippen molar-refractivity contribution in [1.29, 1.82) is 0 Å². The summed E-state index contributed by atoms with van der Waals surface area (Å²) < 4.78 is 0. The molecule has 0 atom stereocenters. The summed E-state index contributed by atoms with van der Waals surface area (Å²) >= 11 is 0.